The molecule has 68 valence electrons. The Kier molecular flexibility index (Phi) is 3.23. The normalized spacial score (nSPS) is 9.31. The van der Waals surface area contributed by atoms with Crippen LogP contribution in [0.1, 0.15) is 20.4 Å². The van der Waals surface area contributed by atoms with Crippen LogP contribution in [0.15, 0.2) is 0 Å². The van der Waals surface area contributed by atoms with Gasteiger partial charge in [-0.3, -0.25) is 0 Å². The molecule has 0 saturated heterocycles. The quantitative estimate of drug-likeness (QED) is 0.556. The lowest BCUT2D eigenvalue weighted by Gasteiger charge is -1.92. The third kappa shape index (κ3) is 1.97. The van der Waals surface area contributed by atoms with E-state index in [0.717, 1.165) is 11.3 Å². The number of ether oxygens (including phenoxy) is 1. The zero-order valence-electron chi connectivity index (χ0n) is 6.70. The van der Waals surface area contributed by atoms with Gasteiger partial charge in [0.25, 0.3) is 0 Å². The largest absolute Gasteiger partial charge is 0.464 e. The molecule has 0 amide bonds. The molecule has 1 rings (SSSR count). The molecular formula is C7H5ClN2O2S. The predicted molar refractivity (Wildman–Crippen MR) is 47.7 cm³/mol. The van der Waals surface area contributed by atoms with Gasteiger partial charge in [-0.2, -0.15) is 5.26 Å². The number of methoxy groups -OCH3 is 1. The van der Waals surface area contributed by atoms with Gasteiger partial charge in [-0.1, -0.05) is 0 Å². The summed E-state index contributed by atoms with van der Waals surface area (Å²) in [6, 6.07) is 1.86. The number of thiazole rings is 1. The maximum absolute atomic E-state index is 11.1. The first-order valence-corrected chi connectivity index (χ1v) is 4.62. The number of nitriles is 1. The molecule has 6 heteroatoms. The Morgan fingerprint density at radius 3 is 3.00 bits per heavy atom. The first-order valence-electron chi connectivity index (χ1n) is 3.27. The minimum absolute atomic E-state index is 0.0469. The van der Waals surface area contributed by atoms with Gasteiger partial charge < -0.3 is 4.74 Å². The van der Waals surface area contributed by atoms with Gasteiger partial charge >= 0.3 is 5.97 Å². The van der Waals surface area contributed by atoms with E-state index in [1.165, 1.54) is 7.11 Å². The molecular weight excluding hydrogens is 212 g/mol. The molecule has 0 unspecified atom stereocenters. The number of esters is 1. The smallest absolute Gasteiger partial charge is 0.358 e. The predicted octanol–water partition coefficient (Wildman–Crippen LogP) is 1.54. The van der Waals surface area contributed by atoms with Crippen LogP contribution in [0.4, 0.5) is 0 Å². The molecule has 0 spiro atoms. The Morgan fingerprint density at radius 1 is 1.85 bits per heavy atom. The Labute approximate surface area is 83.7 Å². The summed E-state index contributed by atoms with van der Waals surface area (Å²) in [5, 5.41) is 9.18. The van der Waals surface area contributed by atoms with E-state index in [0.29, 0.717) is 5.01 Å². The Hall–Kier alpha value is -1.12. The summed E-state index contributed by atoms with van der Waals surface area (Å²) in [5.74, 6) is -0.416. The Morgan fingerprint density at radius 2 is 2.54 bits per heavy atom. The van der Waals surface area contributed by atoms with Crippen molar-refractivity contribution in [3.8, 4) is 6.07 Å². The average Bonchev–Trinajstić information content (AvgIpc) is 2.59. The highest BCUT2D eigenvalue weighted by molar-refractivity contribution is 7.12. The van der Waals surface area contributed by atoms with E-state index in [1.54, 1.807) is 0 Å². The second-order valence-corrected chi connectivity index (χ2v) is 3.37. The molecule has 13 heavy (non-hydrogen) atoms. The fourth-order valence-electron chi connectivity index (χ4n) is 0.732. The van der Waals surface area contributed by atoms with Crippen LogP contribution in [0.25, 0.3) is 0 Å². The fraction of sp³-hybridized carbons (Fsp3) is 0.286. The molecule has 0 bridgehead atoms. The lowest BCUT2D eigenvalue weighted by atomic mass is 10.4. The van der Waals surface area contributed by atoms with Crippen molar-refractivity contribution >= 4 is 28.9 Å². The molecule has 0 atom stereocenters. The number of carbonyl (C=O) groups is 1. The van der Waals surface area contributed by atoms with Crippen molar-refractivity contribution in [3.63, 3.8) is 0 Å². The zero-order valence-corrected chi connectivity index (χ0v) is 8.28. The van der Waals surface area contributed by atoms with E-state index in [9.17, 15) is 4.79 Å². The van der Waals surface area contributed by atoms with Crippen molar-refractivity contribution in [1.29, 1.82) is 5.26 Å². The van der Waals surface area contributed by atoms with Gasteiger partial charge in [-0.25, -0.2) is 9.78 Å². The van der Waals surface area contributed by atoms with Crippen LogP contribution in [0, 0.1) is 11.3 Å². The molecule has 0 aliphatic rings. The number of halogens is 1. The number of hydrogen-bond donors (Lipinski definition) is 0. The number of nitrogens with zero attached hydrogens (tertiary/aromatic N) is 2. The van der Waals surface area contributed by atoms with Crippen LogP contribution in [0.5, 0.6) is 0 Å². The van der Waals surface area contributed by atoms with Gasteiger partial charge in [-0.05, 0) is 0 Å². The highest BCUT2D eigenvalue weighted by Gasteiger charge is 2.17. The lowest BCUT2D eigenvalue weighted by molar-refractivity contribution is 0.0594. The summed E-state index contributed by atoms with van der Waals surface area (Å²) in [6.45, 7) is 0. The summed E-state index contributed by atoms with van der Waals surface area (Å²) >= 11 is 6.60. The molecule has 0 saturated carbocycles. The summed E-state index contributed by atoms with van der Waals surface area (Å²) in [4.78, 5) is 15.1. The molecule has 0 aliphatic heterocycles. The summed E-state index contributed by atoms with van der Waals surface area (Å²) in [5.41, 5.74) is 0.0469. The molecule has 1 heterocycles. The Bertz CT molecular complexity index is 369. The minimum Gasteiger partial charge on any atom is -0.464 e. The molecule has 4 nitrogen and oxygen atoms in total. The van der Waals surface area contributed by atoms with Crippen molar-refractivity contribution < 1.29 is 9.53 Å². The van der Waals surface area contributed by atoms with E-state index in [4.69, 9.17) is 16.9 Å². The average molecular weight is 217 g/mol. The standard InChI is InChI=1S/C7H5ClN2O2S/c1-12-7(11)6-4(3-9)13-5(2-8)10-6/h2H2,1H3. The van der Waals surface area contributed by atoms with E-state index in [1.807, 2.05) is 6.07 Å². The molecule has 0 aromatic carbocycles. The van der Waals surface area contributed by atoms with E-state index in [-0.39, 0.29) is 16.5 Å². The van der Waals surface area contributed by atoms with Crippen LogP contribution in [-0.4, -0.2) is 18.1 Å². The minimum atomic E-state index is -0.607. The van der Waals surface area contributed by atoms with Crippen LogP contribution in [-0.2, 0) is 10.6 Å². The number of rotatable bonds is 2. The maximum Gasteiger partial charge on any atom is 0.358 e. The van der Waals surface area contributed by atoms with Crippen molar-refractivity contribution in [2.75, 3.05) is 7.11 Å². The van der Waals surface area contributed by atoms with Crippen LogP contribution in [0.2, 0.25) is 0 Å². The van der Waals surface area contributed by atoms with Gasteiger partial charge in [-0.15, -0.1) is 22.9 Å². The third-order valence-corrected chi connectivity index (χ3v) is 2.64. The van der Waals surface area contributed by atoms with E-state index in [2.05, 4.69) is 9.72 Å². The Balaban J connectivity index is 3.13. The fourth-order valence-corrected chi connectivity index (χ4v) is 1.65. The molecule has 0 aliphatic carbocycles. The molecule has 0 fully saturated rings. The van der Waals surface area contributed by atoms with Gasteiger partial charge in [0.15, 0.2) is 5.69 Å². The van der Waals surface area contributed by atoms with Gasteiger partial charge in [0.1, 0.15) is 16.0 Å². The number of carbonyl (C=O) groups excluding carboxylic acids is 1. The maximum atomic E-state index is 11.1. The van der Waals surface area contributed by atoms with E-state index >= 15 is 0 Å². The summed E-state index contributed by atoms with van der Waals surface area (Å²) < 4.78 is 4.45. The highest BCUT2D eigenvalue weighted by Crippen LogP contribution is 2.19. The van der Waals surface area contributed by atoms with Crippen LogP contribution in [0.3, 0.4) is 0 Å². The SMILES string of the molecule is COC(=O)c1nc(CCl)sc1C#N. The topological polar surface area (TPSA) is 63.0 Å². The zero-order chi connectivity index (χ0) is 9.84. The number of hydrogen-bond acceptors (Lipinski definition) is 5. The van der Waals surface area contributed by atoms with Crippen LogP contribution < -0.4 is 0 Å². The molecule has 1 aromatic rings. The van der Waals surface area contributed by atoms with Crippen molar-refractivity contribution in [2.45, 2.75) is 5.88 Å². The van der Waals surface area contributed by atoms with Gasteiger partial charge in [0.2, 0.25) is 0 Å². The summed E-state index contributed by atoms with van der Waals surface area (Å²) in [7, 11) is 1.24. The first-order chi connectivity index (χ1) is 6.22. The first kappa shape index (κ1) is 9.96. The highest BCUT2D eigenvalue weighted by atomic mass is 35.5. The van der Waals surface area contributed by atoms with Gasteiger partial charge in [0.05, 0.1) is 13.0 Å². The van der Waals surface area contributed by atoms with E-state index < -0.39 is 5.97 Å². The molecule has 0 radical (unpaired) electrons. The second-order valence-electron chi connectivity index (χ2n) is 2.02. The monoisotopic (exact) mass is 216 g/mol. The molecule has 0 N–H and O–H groups in total. The molecule has 1 aromatic heterocycles. The number of aromatic nitrogens is 1. The lowest BCUT2D eigenvalue weighted by Crippen LogP contribution is -2.03. The summed E-state index contributed by atoms with van der Waals surface area (Å²) in [6.07, 6.45) is 0. The number of alkyl halides is 1. The van der Waals surface area contributed by atoms with Crippen LogP contribution >= 0.6 is 22.9 Å². The third-order valence-electron chi connectivity index (χ3n) is 1.27. The second kappa shape index (κ2) is 4.21. The van der Waals surface area contributed by atoms with Crippen molar-refractivity contribution in [1.82, 2.24) is 4.98 Å². The van der Waals surface area contributed by atoms with Gasteiger partial charge in [0, 0.05) is 0 Å². The van der Waals surface area contributed by atoms with Crippen molar-refractivity contribution in [2.24, 2.45) is 0 Å². The van der Waals surface area contributed by atoms with Crippen molar-refractivity contribution in [3.05, 3.63) is 15.6 Å².